The largest absolute Gasteiger partial charge is 0.496 e. The predicted molar refractivity (Wildman–Crippen MR) is 138 cm³/mol. The molecule has 0 spiro atoms. The Morgan fingerprint density at radius 2 is 1.97 bits per heavy atom. The van der Waals surface area contributed by atoms with Gasteiger partial charge in [-0.1, -0.05) is 6.92 Å². The molecule has 1 amide bonds. The van der Waals surface area contributed by atoms with E-state index in [-0.39, 0.29) is 11.1 Å². The number of aromatic nitrogens is 2. The zero-order chi connectivity index (χ0) is 26.3. The molecule has 36 heavy (non-hydrogen) atoms. The number of pyridine rings is 2. The van der Waals surface area contributed by atoms with Crippen molar-refractivity contribution in [2.75, 3.05) is 18.6 Å². The van der Waals surface area contributed by atoms with Crippen LogP contribution in [0.1, 0.15) is 43.1 Å². The van der Waals surface area contributed by atoms with Gasteiger partial charge in [-0.3, -0.25) is 9.59 Å². The number of carbonyl (C=O) groups excluding carboxylic acids is 1. The number of rotatable bonds is 6. The molecule has 3 aromatic rings. The highest BCUT2D eigenvalue weighted by Gasteiger charge is 2.39. The predicted octanol–water partition coefficient (Wildman–Crippen LogP) is 3.50. The van der Waals surface area contributed by atoms with Gasteiger partial charge < -0.3 is 14.6 Å². The molecule has 2 aromatic heterocycles. The van der Waals surface area contributed by atoms with Gasteiger partial charge in [-0.2, -0.15) is 0 Å². The van der Waals surface area contributed by atoms with Crippen LogP contribution < -0.4 is 19.9 Å². The molecule has 1 atom stereocenters. The smallest absolute Gasteiger partial charge is 0.269 e. The highest BCUT2D eigenvalue weighted by atomic mass is 32.2. The lowest BCUT2D eigenvalue weighted by Gasteiger charge is -2.34. The van der Waals surface area contributed by atoms with E-state index in [0.29, 0.717) is 24.0 Å². The maximum Gasteiger partial charge on any atom is 0.269 e. The number of H-pyrrole nitrogens is 1. The number of benzene rings is 1. The maximum absolute atomic E-state index is 13.3. The standard InChI is InChI=1S/C26H30N4O5S/c1-16-14-26(3,4)30(15-16)23-19(24(31)29-36(33,34)22-7-6-12-27-25(22)32)9-10-20(28-23)18-8-11-21(35-5)17(2)13-18/h6-13,16H,14-15H2,1-5H3,(H,27,32)(H,29,31)/t16-/m0/s1. The van der Waals surface area contributed by atoms with Crippen LogP contribution in [0, 0.1) is 12.8 Å². The van der Waals surface area contributed by atoms with Gasteiger partial charge in [0.15, 0.2) is 4.90 Å². The first kappa shape index (κ1) is 25.4. The molecule has 1 fully saturated rings. The van der Waals surface area contributed by atoms with Crippen molar-refractivity contribution in [1.29, 1.82) is 0 Å². The Balaban J connectivity index is 1.79. The van der Waals surface area contributed by atoms with Crippen LogP contribution in [-0.2, 0) is 10.0 Å². The summed E-state index contributed by atoms with van der Waals surface area (Å²) in [5.41, 5.74) is 1.43. The number of hydrogen-bond donors (Lipinski definition) is 2. The number of sulfonamides is 1. The molecule has 190 valence electrons. The molecular formula is C26H30N4O5S. The van der Waals surface area contributed by atoms with Crippen molar-refractivity contribution in [2.45, 2.75) is 44.6 Å². The summed E-state index contributed by atoms with van der Waals surface area (Å²) < 4.78 is 33.1. The van der Waals surface area contributed by atoms with E-state index >= 15 is 0 Å². The summed E-state index contributed by atoms with van der Waals surface area (Å²) in [6.07, 6.45) is 2.21. The summed E-state index contributed by atoms with van der Waals surface area (Å²) in [5.74, 6) is 0.653. The average Bonchev–Trinajstić information content (AvgIpc) is 3.10. The average molecular weight is 511 g/mol. The van der Waals surface area contributed by atoms with E-state index in [1.165, 1.54) is 12.3 Å². The van der Waals surface area contributed by atoms with Crippen molar-refractivity contribution in [2.24, 2.45) is 5.92 Å². The Kier molecular flexibility index (Phi) is 6.66. The number of nitrogens with zero attached hydrogens (tertiary/aromatic N) is 2. The number of hydrogen-bond acceptors (Lipinski definition) is 7. The molecule has 0 saturated carbocycles. The molecule has 0 unspecified atom stereocenters. The van der Waals surface area contributed by atoms with Gasteiger partial charge in [-0.05, 0) is 81.1 Å². The molecule has 10 heteroatoms. The van der Waals surface area contributed by atoms with E-state index in [1.54, 1.807) is 19.2 Å². The van der Waals surface area contributed by atoms with Gasteiger partial charge >= 0.3 is 0 Å². The van der Waals surface area contributed by atoms with Crippen LogP contribution in [0.25, 0.3) is 11.3 Å². The first-order valence-corrected chi connectivity index (χ1v) is 13.1. The summed E-state index contributed by atoms with van der Waals surface area (Å²) in [6.45, 7) is 8.88. The highest BCUT2D eigenvalue weighted by Crippen LogP contribution is 2.38. The fourth-order valence-electron chi connectivity index (χ4n) is 4.84. The van der Waals surface area contributed by atoms with Crippen LogP contribution in [0.3, 0.4) is 0 Å². The Morgan fingerprint density at radius 3 is 2.58 bits per heavy atom. The van der Waals surface area contributed by atoms with E-state index in [2.05, 4.69) is 30.7 Å². The number of aromatic amines is 1. The lowest BCUT2D eigenvalue weighted by Crippen LogP contribution is -2.41. The summed E-state index contributed by atoms with van der Waals surface area (Å²) in [6, 6.07) is 11.5. The molecule has 3 heterocycles. The molecule has 9 nitrogen and oxygen atoms in total. The fraction of sp³-hybridized carbons (Fsp3) is 0.346. The van der Waals surface area contributed by atoms with E-state index in [0.717, 1.165) is 29.4 Å². The van der Waals surface area contributed by atoms with Crippen LogP contribution in [0.4, 0.5) is 5.82 Å². The lowest BCUT2D eigenvalue weighted by atomic mass is 9.97. The van der Waals surface area contributed by atoms with Crippen molar-refractivity contribution in [3.8, 4) is 17.0 Å². The maximum atomic E-state index is 13.3. The zero-order valence-corrected chi connectivity index (χ0v) is 21.8. The van der Waals surface area contributed by atoms with Gasteiger partial charge in [0.2, 0.25) is 0 Å². The number of amides is 1. The minimum atomic E-state index is -4.40. The fourth-order valence-corrected chi connectivity index (χ4v) is 5.86. The quantitative estimate of drug-likeness (QED) is 0.521. The minimum Gasteiger partial charge on any atom is -0.496 e. The molecule has 2 N–H and O–H groups in total. The van der Waals surface area contributed by atoms with Crippen LogP contribution in [0.5, 0.6) is 5.75 Å². The van der Waals surface area contributed by atoms with Crippen molar-refractivity contribution < 1.29 is 17.9 Å². The number of carbonyl (C=O) groups is 1. The third kappa shape index (κ3) is 4.86. The molecule has 0 radical (unpaired) electrons. The van der Waals surface area contributed by atoms with Gasteiger partial charge in [0, 0.05) is 23.8 Å². The summed E-state index contributed by atoms with van der Waals surface area (Å²) in [5, 5.41) is 0. The second-order valence-electron chi connectivity index (χ2n) is 9.78. The molecule has 4 rings (SSSR count). The monoisotopic (exact) mass is 510 g/mol. The van der Waals surface area contributed by atoms with Crippen molar-refractivity contribution in [3.63, 3.8) is 0 Å². The highest BCUT2D eigenvalue weighted by molar-refractivity contribution is 7.90. The summed E-state index contributed by atoms with van der Waals surface area (Å²) in [4.78, 5) is 34.0. The first-order chi connectivity index (χ1) is 16.9. The Hall–Kier alpha value is -3.66. The molecule has 1 saturated heterocycles. The molecule has 0 aliphatic carbocycles. The SMILES string of the molecule is COc1ccc(-c2ccc(C(=O)NS(=O)(=O)c3ccc[nH]c3=O)c(N3C[C@@H](C)CC3(C)C)n2)cc1C. The number of aryl methyl sites for hydroxylation is 1. The normalized spacial score (nSPS) is 17.1. The lowest BCUT2D eigenvalue weighted by molar-refractivity contribution is 0.0981. The van der Waals surface area contributed by atoms with Crippen LogP contribution in [0.2, 0.25) is 0 Å². The van der Waals surface area contributed by atoms with Crippen LogP contribution in [-0.4, -0.2) is 43.5 Å². The van der Waals surface area contributed by atoms with Crippen molar-refractivity contribution in [1.82, 2.24) is 14.7 Å². The van der Waals surface area contributed by atoms with E-state index in [9.17, 15) is 18.0 Å². The van der Waals surface area contributed by atoms with Gasteiger partial charge in [-0.25, -0.2) is 18.1 Å². The third-order valence-electron chi connectivity index (χ3n) is 6.44. The first-order valence-electron chi connectivity index (χ1n) is 11.6. The van der Waals surface area contributed by atoms with Gasteiger partial charge in [0.05, 0.1) is 18.4 Å². The summed E-state index contributed by atoms with van der Waals surface area (Å²) in [7, 11) is -2.79. The van der Waals surface area contributed by atoms with Crippen LogP contribution in [0.15, 0.2) is 58.4 Å². The third-order valence-corrected chi connectivity index (χ3v) is 7.79. The van der Waals surface area contributed by atoms with E-state index in [1.807, 2.05) is 29.8 Å². The van der Waals surface area contributed by atoms with E-state index < -0.39 is 26.4 Å². The van der Waals surface area contributed by atoms with E-state index in [4.69, 9.17) is 9.72 Å². The van der Waals surface area contributed by atoms with Gasteiger partial charge in [-0.15, -0.1) is 0 Å². The van der Waals surface area contributed by atoms with Crippen LogP contribution >= 0.6 is 0 Å². The Labute approximate surface area is 210 Å². The molecule has 1 aromatic carbocycles. The second-order valence-corrected chi connectivity index (χ2v) is 11.4. The molecular weight excluding hydrogens is 480 g/mol. The Bertz CT molecular complexity index is 1480. The van der Waals surface area contributed by atoms with Gasteiger partial charge in [0.1, 0.15) is 11.6 Å². The molecule has 1 aliphatic rings. The van der Waals surface area contributed by atoms with Crippen molar-refractivity contribution >= 4 is 21.7 Å². The molecule has 1 aliphatic heterocycles. The second kappa shape index (κ2) is 9.42. The number of methoxy groups -OCH3 is 1. The zero-order valence-electron chi connectivity index (χ0n) is 21.0. The minimum absolute atomic E-state index is 0.113. The number of ether oxygens (including phenoxy) is 1. The molecule has 0 bridgehead atoms. The topological polar surface area (TPSA) is 121 Å². The van der Waals surface area contributed by atoms with Gasteiger partial charge in [0.25, 0.3) is 21.5 Å². The summed E-state index contributed by atoms with van der Waals surface area (Å²) >= 11 is 0. The Morgan fingerprint density at radius 1 is 1.22 bits per heavy atom. The number of nitrogens with one attached hydrogen (secondary N) is 2. The number of anilines is 1. The van der Waals surface area contributed by atoms with Crippen molar-refractivity contribution in [3.05, 3.63) is 70.1 Å².